The minimum absolute atomic E-state index is 0.251. The number of nitrogens with zero attached hydrogens (tertiary/aromatic N) is 2. The van der Waals surface area contributed by atoms with E-state index < -0.39 is 17.7 Å². The monoisotopic (exact) mass is 380 g/mol. The molecule has 1 heterocycles. The summed E-state index contributed by atoms with van der Waals surface area (Å²) in [5, 5.41) is 3.68. The van der Waals surface area contributed by atoms with Crippen LogP contribution in [0.25, 0.3) is 16.9 Å². The van der Waals surface area contributed by atoms with Gasteiger partial charge in [-0.3, -0.25) is 0 Å². The van der Waals surface area contributed by atoms with Gasteiger partial charge in [-0.2, -0.15) is 18.3 Å². The topological polar surface area (TPSA) is 52.0 Å². The van der Waals surface area contributed by atoms with Crippen molar-refractivity contribution in [2.24, 2.45) is 0 Å². The first-order chi connectivity index (χ1) is 12.8. The SMILES string of the molecule is C=O.C=O.Cc1ccc(-n2nc(C(F)(F)F)cc2-c2ccc(F)cc2)cc1. The zero-order chi connectivity index (χ0) is 20.6. The summed E-state index contributed by atoms with van der Waals surface area (Å²) in [5.74, 6) is -0.453. The fourth-order valence-electron chi connectivity index (χ4n) is 2.23. The first kappa shape index (κ1) is 21.8. The number of hydrogen-bond acceptors (Lipinski definition) is 3. The Morgan fingerprint density at radius 1 is 0.889 bits per heavy atom. The zero-order valence-corrected chi connectivity index (χ0v) is 14.3. The number of aromatic nitrogens is 2. The Morgan fingerprint density at radius 2 is 1.41 bits per heavy atom. The standard InChI is InChI=1S/C17H12F4N2.2CH2O/c1-11-2-8-14(9-3-11)23-15(10-16(22-23)17(19,20)21)12-4-6-13(18)7-5-12;2*1-2/h2-10H,1H3;2*1H2. The molecule has 4 nitrogen and oxygen atoms in total. The zero-order valence-electron chi connectivity index (χ0n) is 14.3. The normalized spacial score (nSPS) is 10.3. The second kappa shape index (κ2) is 9.42. The highest BCUT2D eigenvalue weighted by molar-refractivity contribution is 5.63. The molecule has 0 bridgehead atoms. The maximum atomic E-state index is 13.1. The van der Waals surface area contributed by atoms with E-state index in [9.17, 15) is 17.6 Å². The van der Waals surface area contributed by atoms with Crippen LogP contribution < -0.4 is 0 Å². The Bertz CT molecular complexity index is 792. The summed E-state index contributed by atoms with van der Waals surface area (Å²) in [6, 6.07) is 13.2. The van der Waals surface area contributed by atoms with Crippen molar-refractivity contribution in [2.45, 2.75) is 13.1 Å². The second-order valence-electron chi connectivity index (χ2n) is 5.17. The summed E-state index contributed by atoms with van der Waals surface area (Å²) in [5.41, 5.74) is 1.21. The summed E-state index contributed by atoms with van der Waals surface area (Å²) >= 11 is 0. The predicted molar refractivity (Wildman–Crippen MR) is 92.9 cm³/mol. The Balaban J connectivity index is 0.000000855. The number of alkyl halides is 3. The summed E-state index contributed by atoms with van der Waals surface area (Å²) in [6.45, 7) is 5.88. The number of carbonyl (C=O) groups excluding carboxylic acids is 2. The molecule has 0 atom stereocenters. The molecule has 1 aromatic heterocycles. The van der Waals surface area contributed by atoms with Gasteiger partial charge in [0.25, 0.3) is 0 Å². The molecule has 3 rings (SSSR count). The fraction of sp³-hybridized carbons (Fsp3) is 0.105. The lowest BCUT2D eigenvalue weighted by Crippen LogP contribution is -2.07. The average molecular weight is 380 g/mol. The number of benzene rings is 2. The van der Waals surface area contributed by atoms with Crippen LogP contribution in [0.4, 0.5) is 17.6 Å². The van der Waals surface area contributed by atoms with Crippen molar-refractivity contribution in [3.63, 3.8) is 0 Å². The third kappa shape index (κ3) is 5.34. The quantitative estimate of drug-likeness (QED) is 0.609. The highest BCUT2D eigenvalue weighted by Gasteiger charge is 2.35. The second-order valence-corrected chi connectivity index (χ2v) is 5.17. The lowest BCUT2D eigenvalue weighted by Gasteiger charge is -2.08. The van der Waals surface area contributed by atoms with Crippen LogP contribution in [0.1, 0.15) is 11.3 Å². The first-order valence-electron chi connectivity index (χ1n) is 7.42. The summed E-state index contributed by atoms with van der Waals surface area (Å²) in [6.07, 6.45) is -4.55. The van der Waals surface area contributed by atoms with Crippen molar-refractivity contribution < 1.29 is 27.2 Å². The molecule has 0 aliphatic carbocycles. The van der Waals surface area contributed by atoms with Crippen molar-refractivity contribution in [3.8, 4) is 16.9 Å². The highest BCUT2D eigenvalue weighted by atomic mass is 19.4. The fourth-order valence-corrected chi connectivity index (χ4v) is 2.23. The molecule has 142 valence electrons. The van der Waals surface area contributed by atoms with E-state index in [-0.39, 0.29) is 5.69 Å². The number of halogens is 4. The Kier molecular flexibility index (Phi) is 7.59. The molecule has 27 heavy (non-hydrogen) atoms. The predicted octanol–water partition coefficient (Wildman–Crippen LogP) is 4.64. The molecule has 0 fully saturated rings. The van der Waals surface area contributed by atoms with Crippen LogP contribution in [0.2, 0.25) is 0 Å². The van der Waals surface area contributed by atoms with E-state index in [0.717, 1.165) is 11.6 Å². The average Bonchev–Trinajstić information content (AvgIpc) is 3.12. The molecule has 0 saturated heterocycles. The molecule has 0 radical (unpaired) electrons. The lowest BCUT2D eigenvalue weighted by molar-refractivity contribution is -0.141. The molecule has 2 aromatic carbocycles. The van der Waals surface area contributed by atoms with Crippen LogP contribution in [0.5, 0.6) is 0 Å². The van der Waals surface area contributed by atoms with Crippen LogP contribution in [0, 0.1) is 12.7 Å². The smallest absolute Gasteiger partial charge is 0.307 e. The van der Waals surface area contributed by atoms with Crippen LogP contribution in [0.15, 0.2) is 54.6 Å². The van der Waals surface area contributed by atoms with Crippen LogP contribution in [-0.4, -0.2) is 23.4 Å². The molecule has 0 amide bonds. The van der Waals surface area contributed by atoms with E-state index in [0.29, 0.717) is 11.3 Å². The molecule has 0 N–H and O–H groups in total. The van der Waals surface area contributed by atoms with Gasteiger partial charge in [0.15, 0.2) is 5.69 Å². The number of carbonyl (C=O) groups is 2. The van der Waals surface area contributed by atoms with Gasteiger partial charge < -0.3 is 9.59 Å². The van der Waals surface area contributed by atoms with Gasteiger partial charge in [-0.25, -0.2) is 9.07 Å². The van der Waals surface area contributed by atoms with E-state index in [2.05, 4.69) is 5.10 Å². The third-order valence-electron chi connectivity index (χ3n) is 3.42. The van der Waals surface area contributed by atoms with Gasteiger partial charge in [0.1, 0.15) is 19.4 Å². The van der Waals surface area contributed by atoms with Gasteiger partial charge in [-0.1, -0.05) is 17.7 Å². The number of aryl methyl sites for hydroxylation is 1. The summed E-state index contributed by atoms with van der Waals surface area (Å²) in [7, 11) is 0. The number of rotatable bonds is 2. The number of hydrogen-bond donors (Lipinski definition) is 0. The van der Waals surface area contributed by atoms with Gasteiger partial charge in [-0.15, -0.1) is 0 Å². The van der Waals surface area contributed by atoms with E-state index in [1.54, 1.807) is 24.3 Å². The lowest BCUT2D eigenvalue weighted by atomic mass is 10.1. The van der Waals surface area contributed by atoms with Crippen LogP contribution >= 0.6 is 0 Å². The molecule has 0 unspecified atom stereocenters. The summed E-state index contributed by atoms with van der Waals surface area (Å²) < 4.78 is 53.3. The van der Waals surface area contributed by atoms with Gasteiger partial charge in [0, 0.05) is 5.56 Å². The van der Waals surface area contributed by atoms with Crippen LogP contribution in [-0.2, 0) is 15.8 Å². The molecular formula is C19H16F4N2O2. The first-order valence-corrected chi connectivity index (χ1v) is 7.42. The highest BCUT2D eigenvalue weighted by Crippen LogP contribution is 2.33. The third-order valence-corrected chi connectivity index (χ3v) is 3.42. The van der Waals surface area contributed by atoms with Crippen molar-refractivity contribution in [1.82, 2.24) is 9.78 Å². The Morgan fingerprint density at radius 3 is 1.89 bits per heavy atom. The molecular weight excluding hydrogens is 364 g/mol. The Labute approximate surface area is 153 Å². The van der Waals surface area contributed by atoms with E-state index >= 15 is 0 Å². The minimum Gasteiger partial charge on any atom is -0.307 e. The van der Waals surface area contributed by atoms with Gasteiger partial charge >= 0.3 is 6.18 Å². The largest absolute Gasteiger partial charge is 0.435 e. The Hall–Kier alpha value is -3.29. The van der Waals surface area contributed by atoms with E-state index in [4.69, 9.17) is 9.59 Å². The molecule has 0 spiro atoms. The van der Waals surface area contributed by atoms with Crippen molar-refractivity contribution >= 4 is 13.6 Å². The van der Waals surface area contributed by atoms with E-state index in [1.807, 2.05) is 20.5 Å². The molecule has 0 aliphatic heterocycles. The molecule has 0 saturated carbocycles. The van der Waals surface area contributed by atoms with Crippen molar-refractivity contribution in [2.75, 3.05) is 0 Å². The van der Waals surface area contributed by atoms with Gasteiger partial charge in [0.2, 0.25) is 0 Å². The van der Waals surface area contributed by atoms with Gasteiger partial charge in [0.05, 0.1) is 11.4 Å². The molecule has 3 aromatic rings. The molecule has 8 heteroatoms. The van der Waals surface area contributed by atoms with Gasteiger partial charge in [-0.05, 0) is 49.4 Å². The van der Waals surface area contributed by atoms with Crippen molar-refractivity contribution in [3.05, 3.63) is 71.7 Å². The van der Waals surface area contributed by atoms with E-state index in [1.165, 1.54) is 28.9 Å². The summed E-state index contributed by atoms with van der Waals surface area (Å²) in [4.78, 5) is 16.0. The maximum Gasteiger partial charge on any atom is 0.435 e. The molecule has 0 aliphatic rings. The van der Waals surface area contributed by atoms with Crippen LogP contribution in [0.3, 0.4) is 0 Å². The minimum atomic E-state index is -4.55. The van der Waals surface area contributed by atoms with Crippen molar-refractivity contribution in [1.29, 1.82) is 0 Å². The maximum absolute atomic E-state index is 13.1.